The Morgan fingerprint density at radius 1 is 1.44 bits per heavy atom. The van der Waals surface area contributed by atoms with Crippen LogP contribution in [0.3, 0.4) is 0 Å². The number of carboxylic acids is 1. The molecule has 96 valence electrons. The van der Waals surface area contributed by atoms with E-state index < -0.39 is 12.0 Å². The van der Waals surface area contributed by atoms with Crippen LogP contribution in [-0.4, -0.2) is 29.6 Å². The minimum Gasteiger partial charge on any atom is -0.480 e. The minimum atomic E-state index is -1.04. The number of carboxylic acid groups (broad SMARTS) is 1. The SMILES string of the molecule is CC(NC(=O)c1ccc2c(c1)CCCN2)C(=O)O. The number of rotatable bonds is 3. The number of carbonyl (C=O) groups is 2. The van der Waals surface area contributed by atoms with Crippen molar-refractivity contribution in [3.8, 4) is 0 Å². The molecule has 0 bridgehead atoms. The maximum absolute atomic E-state index is 11.9. The number of hydrogen-bond donors (Lipinski definition) is 3. The van der Waals surface area contributed by atoms with E-state index in [1.165, 1.54) is 6.92 Å². The van der Waals surface area contributed by atoms with Gasteiger partial charge in [-0.1, -0.05) is 0 Å². The first-order chi connectivity index (χ1) is 8.58. The molecule has 0 aliphatic carbocycles. The summed E-state index contributed by atoms with van der Waals surface area (Å²) in [7, 11) is 0. The summed E-state index contributed by atoms with van der Waals surface area (Å²) in [4.78, 5) is 22.5. The van der Waals surface area contributed by atoms with Gasteiger partial charge in [0, 0.05) is 17.8 Å². The molecule has 1 amide bonds. The van der Waals surface area contributed by atoms with Crippen molar-refractivity contribution in [1.82, 2.24) is 5.32 Å². The smallest absolute Gasteiger partial charge is 0.325 e. The summed E-state index contributed by atoms with van der Waals surface area (Å²) in [6.45, 7) is 2.40. The fraction of sp³-hybridized carbons (Fsp3) is 0.385. The average molecular weight is 248 g/mol. The lowest BCUT2D eigenvalue weighted by Gasteiger charge is -2.18. The normalized spacial score (nSPS) is 15.2. The van der Waals surface area contributed by atoms with Gasteiger partial charge in [0.1, 0.15) is 6.04 Å². The maximum atomic E-state index is 11.9. The Bertz CT molecular complexity index is 485. The average Bonchev–Trinajstić information content (AvgIpc) is 2.37. The summed E-state index contributed by atoms with van der Waals surface area (Å²) in [5.41, 5.74) is 2.67. The molecule has 1 aromatic carbocycles. The van der Waals surface area contributed by atoms with Crippen molar-refractivity contribution in [2.45, 2.75) is 25.8 Å². The third kappa shape index (κ3) is 2.61. The van der Waals surface area contributed by atoms with E-state index in [1.54, 1.807) is 6.07 Å². The van der Waals surface area contributed by atoms with Gasteiger partial charge in [-0.15, -0.1) is 0 Å². The molecule has 0 radical (unpaired) electrons. The number of nitrogens with one attached hydrogen (secondary N) is 2. The zero-order valence-electron chi connectivity index (χ0n) is 10.2. The minimum absolute atomic E-state index is 0.349. The third-order valence-corrected chi connectivity index (χ3v) is 3.02. The molecule has 1 atom stereocenters. The van der Waals surface area contributed by atoms with E-state index in [0.717, 1.165) is 30.6 Å². The number of fused-ring (bicyclic) bond motifs is 1. The lowest BCUT2D eigenvalue weighted by atomic mass is 10.0. The van der Waals surface area contributed by atoms with Gasteiger partial charge in [-0.3, -0.25) is 9.59 Å². The molecule has 0 saturated heterocycles. The van der Waals surface area contributed by atoms with Crippen LogP contribution in [0.15, 0.2) is 18.2 Å². The highest BCUT2D eigenvalue weighted by molar-refractivity contribution is 5.97. The van der Waals surface area contributed by atoms with Crippen LogP contribution in [0.5, 0.6) is 0 Å². The van der Waals surface area contributed by atoms with Crippen LogP contribution in [-0.2, 0) is 11.2 Å². The fourth-order valence-electron chi connectivity index (χ4n) is 1.96. The second-order valence-electron chi connectivity index (χ2n) is 4.44. The molecule has 1 aliphatic heterocycles. The van der Waals surface area contributed by atoms with Gasteiger partial charge in [0.15, 0.2) is 0 Å². The first-order valence-electron chi connectivity index (χ1n) is 5.98. The van der Waals surface area contributed by atoms with E-state index in [4.69, 9.17) is 5.11 Å². The first kappa shape index (κ1) is 12.4. The molecule has 0 aromatic heterocycles. The maximum Gasteiger partial charge on any atom is 0.325 e. The van der Waals surface area contributed by atoms with Crippen molar-refractivity contribution in [2.24, 2.45) is 0 Å². The van der Waals surface area contributed by atoms with Crippen LogP contribution in [0.25, 0.3) is 0 Å². The van der Waals surface area contributed by atoms with Gasteiger partial charge in [0.2, 0.25) is 0 Å². The lowest BCUT2D eigenvalue weighted by Crippen LogP contribution is -2.38. The fourth-order valence-corrected chi connectivity index (χ4v) is 1.96. The standard InChI is InChI=1S/C13H16N2O3/c1-8(13(17)18)15-12(16)10-4-5-11-9(7-10)3-2-6-14-11/h4-5,7-8,14H,2-3,6H2,1H3,(H,15,16)(H,17,18). The zero-order chi connectivity index (χ0) is 13.1. The highest BCUT2D eigenvalue weighted by Crippen LogP contribution is 2.22. The van der Waals surface area contributed by atoms with Crippen LogP contribution in [0.4, 0.5) is 5.69 Å². The molecule has 1 aliphatic rings. The Hall–Kier alpha value is -2.04. The van der Waals surface area contributed by atoms with Gasteiger partial charge in [-0.2, -0.15) is 0 Å². The van der Waals surface area contributed by atoms with E-state index in [1.807, 2.05) is 12.1 Å². The van der Waals surface area contributed by atoms with Gasteiger partial charge in [-0.25, -0.2) is 0 Å². The molecular weight excluding hydrogens is 232 g/mol. The summed E-state index contributed by atoms with van der Waals surface area (Å²) in [6, 6.07) is 4.52. The number of amides is 1. The zero-order valence-corrected chi connectivity index (χ0v) is 10.2. The molecule has 0 spiro atoms. The second kappa shape index (κ2) is 5.08. The van der Waals surface area contributed by atoms with Crippen molar-refractivity contribution < 1.29 is 14.7 Å². The quantitative estimate of drug-likeness (QED) is 0.752. The van der Waals surface area contributed by atoms with E-state index in [0.29, 0.717) is 5.56 Å². The molecule has 18 heavy (non-hydrogen) atoms. The number of aliphatic carboxylic acids is 1. The Morgan fingerprint density at radius 2 is 2.22 bits per heavy atom. The van der Waals surface area contributed by atoms with E-state index >= 15 is 0 Å². The molecule has 3 N–H and O–H groups in total. The number of carbonyl (C=O) groups excluding carboxylic acids is 1. The summed E-state index contributed by atoms with van der Waals surface area (Å²) in [5.74, 6) is -1.39. The predicted octanol–water partition coefficient (Wildman–Crippen LogP) is 1.25. The molecule has 5 heteroatoms. The van der Waals surface area contributed by atoms with E-state index in [-0.39, 0.29) is 5.91 Å². The van der Waals surface area contributed by atoms with Crippen LogP contribution in [0.2, 0.25) is 0 Å². The molecule has 2 rings (SSSR count). The van der Waals surface area contributed by atoms with Crippen LogP contribution in [0, 0.1) is 0 Å². The summed E-state index contributed by atoms with van der Waals surface area (Å²) >= 11 is 0. The van der Waals surface area contributed by atoms with E-state index in [2.05, 4.69) is 10.6 Å². The topological polar surface area (TPSA) is 78.4 Å². The molecule has 1 unspecified atom stereocenters. The third-order valence-electron chi connectivity index (χ3n) is 3.02. The van der Waals surface area contributed by atoms with Crippen LogP contribution in [0.1, 0.15) is 29.3 Å². The molecule has 1 aromatic rings. The van der Waals surface area contributed by atoms with Gasteiger partial charge in [0.05, 0.1) is 0 Å². The van der Waals surface area contributed by atoms with Crippen LogP contribution < -0.4 is 10.6 Å². The van der Waals surface area contributed by atoms with Gasteiger partial charge in [-0.05, 0) is 43.5 Å². The first-order valence-corrected chi connectivity index (χ1v) is 5.98. The Balaban J connectivity index is 2.13. The Morgan fingerprint density at radius 3 is 2.94 bits per heavy atom. The molecule has 0 fully saturated rings. The molecule has 1 heterocycles. The van der Waals surface area contributed by atoms with Crippen molar-refractivity contribution in [1.29, 1.82) is 0 Å². The van der Waals surface area contributed by atoms with Crippen molar-refractivity contribution in [2.75, 3.05) is 11.9 Å². The monoisotopic (exact) mass is 248 g/mol. The lowest BCUT2D eigenvalue weighted by molar-refractivity contribution is -0.138. The van der Waals surface area contributed by atoms with Crippen LogP contribution >= 0.6 is 0 Å². The predicted molar refractivity (Wildman–Crippen MR) is 67.8 cm³/mol. The van der Waals surface area contributed by atoms with Crippen molar-refractivity contribution in [3.05, 3.63) is 29.3 Å². The number of benzene rings is 1. The number of hydrogen-bond acceptors (Lipinski definition) is 3. The highest BCUT2D eigenvalue weighted by atomic mass is 16.4. The molecule has 0 saturated carbocycles. The van der Waals surface area contributed by atoms with E-state index in [9.17, 15) is 9.59 Å². The Kier molecular flexibility index (Phi) is 3.50. The number of aryl methyl sites for hydroxylation is 1. The Labute approximate surface area is 105 Å². The number of anilines is 1. The summed E-state index contributed by atoms with van der Waals surface area (Å²) in [5, 5.41) is 14.5. The second-order valence-corrected chi connectivity index (χ2v) is 4.44. The summed E-state index contributed by atoms with van der Waals surface area (Å²) < 4.78 is 0. The summed E-state index contributed by atoms with van der Waals surface area (Å²) in [6.07, 6.45) is 1.99. The van der Waals surface area contributed by atoms with Gasteiger partial charge in [0.25, 0.3) is 5.91 Å². The highest BCUT2D eigenvalue weighted by Gasteiger charge is 2.17. The van der Waals surface area contributed by atoms with Gasteiger partial charge < -0.3 is 15.7 Å². The molecule has 5 nitrogen and oxygen atoms in total. The van der Waals surface area contributed by atoms with Crippen molar-refractivity contribution in [3.63, 3.8) is 0 Å². The molecular formula is C13H16N2O3. The largest absolute Gasteiger partial charge is 0.480 e. The van der Waals surface area contributed by atoms with Gasteiger partial charge >= 0.3 is 5.97 Å². The van der Waals surface area contributed by atoms with Crippen molar-refractivity contribution >= 4 is 17.6 Å².